The highest BCUT2D eigenvalue weighted by atomic mass is 16.5. The highest BCUT2D eigenvalue weighted by Gasteiger charge is 2.11. The van der Waals surface area contributed by atoms with E-state index in [4.69, 9.17) is 9.63 Å². The zero-order valence-corrected chi connectivity index (χ0v) is 8.45. The van der Waals surface area contributed by atoms with E-state index in [-0.39, 0.29) is 17.9 Å². The van der Waals surface area contributed by atoms with Crippen molar-refractivity contribution in [2.24, 2.45) is 7.05 Å². The fourth-order valence-electron chi connectivity index (χ4n) is 1.29. The molecule has 0 spiro atoms. The Hall–Kier alpha value is -2.31. The molecule has 0 saturated carbocycles. The molecule has 0 aliphatic carbocycles. The van der Waals surface area contributed by atoms with Crippen LogP contribution in [-0.4, -0.2) is 25.4 Å². The summed E-state index contributed by atoms with van der Waals surface area (Å²) in [4.78, 5) is 22.0. The molecule has 0 aliphatic heterocycles. The van der Waals surface area contributed by atoms with E-state index in [0.717, 1.165) is 0 Å². The molecular weight excluding hydrogens is 214 g/mol. The maximum atomic E-state index is 11.5. The van der Waals surface area contributed by atoms with Gasteiger partial charge in [0.1, 0.15) is 0 Å². The maximum absolute atomic E-state index is 11.5. The molecule has 2 rings (SSSR count). The van der Waals surface area contributed by atoms with Crippen LogP contribution in [0.4, 0.5) is 0 Å². The van der Waals surface area contributed by atoms with Crippen molar-refractivity contribution in [1.82, 2.24) is 14.3 Å². The number of carboxylic acid groups (broad SMARTS) is 1. The molecule has 2 heterocycles. The van der Waals surface area contributed by atoms with Gasteiger partial charge >= 0.3 is 11.7 Å². The van der Waals surface area contributed by atoms with Crippen LogP contribution < -0.4 is 5.69 Å². The average molecular weight is 223 g/mol. The van der Waals surface area contributed by atoms with Crippen molar-refractivity contribution in [1.29, 1.82) is 0 Å². The summed E-state index contributed by atoms with van der Waals surface area (Å²) in [7, 11) is 1.63. The van der Waals surface area contributed by atoms with E-state index in [1.165, 1.54) is 15.2 Å². The van der Waals surface area contributed by atoms with E-state index >= 15 is 0 Å². The Balaban J connectivity index is 2.24. The van der Waals surface area contributed by atoms with Gasteiger partial charge in [0.25, 0.3) is 0 Å². The van der Waals surface area contributed by atoms with E-state index in [0.29, 0.717) is 5.76 Å². The molecule has 7 heteroatoms. The van der Waals surface area contributed by atoms with E-state index in [9.17, 15) is 9.59 Å². The minimum absolute atomic E-state index is 0.167. The van der Waals surface area contributed by atoms with Crippen LogP contribution in [0.15, 0.2) is 27.8 Å². The second-order valence-electron chi connectivity index (χ2n) is 3.30. The first-order chi connectivity index (χ1) is 7.58. The summed E-state index contributed by atoms with van der Waals surface area (Å²) in [5.41, 5.74) is -0.368. The zero-order valence-electron chi connectivity index (χ0n) is 8.45. The van der Waals surface area contributed by atoms with Gasteiger partial charge in [-0.1, -0.05) is 5.16 Å². The first-order valence-corrected chi connectivity index (χ1v) is 4.48. The predicted octanol–water partition coefficient (Wildman–Crippen LogP) is -0.0787. The quantitative estimate of drug-likeness (QED) is 0.786. The maximum Gasteiger partial charge on any atom is 0.358 e. The van der Waals surface area contributed by atoms with Crippen molar-refractivity contribution in [3.63, 3.8) is 0 Å². The molecule has 0 aromatic carbocycles. The smallest absolute Gasteiger partial charge is 0.358 e. The van der Waals surface area contributed by atoms with Gasteiger partial charge in [0.05, 0.1) is 6.54 Å². The van der Waals surface area contributed by atoms with Crippen molar-refractivity contribution in [2.75, 3.05) is 0 Å². The summed E-state index contributed by atoms with van der Waals surface area (Å²) in [5, 5.41) is 12.0. The molecule has 1 N–H and O–H groups in total. The third kappa shape index (κ3) is 1.74. The van der Waals surface area contributed by atoms with Crippen LogP contribution in [0.25, 0.3) is 0 Å². The number of carboxylic acids is 1. The highest BCUT2D eigenvalue weighted by molar-refractivity contribution is 5.85. The molecule has 0 unspecified atom stereocenters. The van der Waals surface area contributed by atoms with Crippen LogP contribution in [0.3, 0.4) is 0 Å². The Bertz CT molecular complexity index is 578. The fraction of sp³-hybridized carbons (Fsp3) is 0.222. The predicted molar refractivity (Wildman–Crippen MR) is 52.2 cm³/mol. The Morgan fingerprint density at radius 2 is 2.31 bits per heavy atom. The largest absolute Gasteiger partial charge is 0.476 e. The third-order valence-corrected chi connectivity index (χ3v) is 2.12. The summed E-state index contributed by atoms with van der Waals surface area (Å²) in [6.45, 7) is 0.167. The second-order valence-corrected chi connectivity index (χ2v) is 3.30. The van der Waals surface area contributed by atoms with E-state index in [1.807, 2.05) is 0 Å². The minimum atomic E-state index is -1.16. The van der Waals surface area contributed by atoms with Crippen LogP contribution in [0.2, 0.25) is 0 Å². The summed E-state index contributed by atoms with van der Waals surface area (Å²) in [5.74, 6) is -0.832. The van der Waals surface area contributed by atoms with Crippen molar-refractivity contribution in [2.45, 2.75) is 6.54 Å². The lowest BCUT2D eigenvalue weighted by Gasteiger charge is -1.94. The van der Waals surface area contributed by atoms with Gasteiger partial charge in [-0.3, -0.25) is 4.57 Å². The van der Waals surface area contributed by atoms with Crippen molar-refractivity contribution in [3.05, 3.63) is 40.4 Å². The number of rotatable bonds is 3. The number of hydrogen-bond acceptors (Lipinski definition) is 4. The molecular formula is C9H9N3O4. The lowest BCUT2D eigenvalue weighted by molar-refractivity contribution is 0.0685. The topological polar surface area (TPSA) is 90.3 Å². The van der Waals surface area contributed by atoms with Crippen molar-refractivity contribution < 1.29 is 14.4 Å². The molecule has 0 fully saturated rings. The van der Waals surface area contributed by atoms with Crippen molar-refractivity contribution in [3.8, 4) is 0 Å². The van der Waals surface area contributed by atoms with Gasteiger partial charge in [0.15, 0.2) is 11.5 Å². The number of carbonyl (C=O) groups is 1. The molecule has 2 aromatic rings. The molecule has 0 bridgehead atoms. The molecule has 0 radical (unpaired) electrons. The minimum Gasteiger partial charge on any atom is -0.476 e. The van der Waals surface area contributed by atoms with Gasteiger partial charge in [-0.25, -0.2) is 9.59 Å². The number of aryl methyl sites for hydroxylation is 1. The summed E-state index contributed by atoms with van der Waals surface area (Å²) in [6, 6.07) is 1.29. The Kier molecular flexibility index (Phi) is 2.35. The van der Waals surface area contributed by atoms with Gasteiger partial charge in [0.2, 0.25) is 0 Å². The summed E-state index contributed by atoms with van der Waals surface area (Å²) >= 11 is 0. The summed E-state index contributed by atoms with van der Waals surface area (Å²) in [6.07, 6.45) is 3.20. The average Bonchev–Trinajstić information content (AvgIpc) is 2.81. The number of nitrogens with zero attached hydrogens (tertiary/aromatic N) is 3. The number of aromatic carboxylic acids is 1. The Morgan fingerprint density at radius 1 is 1.56 bits per heavy atom. The van der Waals surface area contributed by atoms with Crippen LogP contribution in [0.1, 0.15) is 16.2 Å². The van der Waals surface area contributed by atoms with E-state index in [2.05, 4.69) is 5.16 Å². The van der Waals surface area contributed by atoms with Crippen LogP contribution in [-0.2, 0) is 13.6 Å². The Morgan fingerprint density at radius 3 is 2.81 bits per heavy atom. The lowest BCUT2D eigenvalue weighted by Crippen LogP contribution is -2.22. The van der Waals surface area contributed by atoms with Crippen LogP contribution >= 0.6 is 0 Å². The van der Waals surface area contributed by atoms with Gasteiger partial charge in [0, 0.05) is 25.5 Å². The molecule has 84 valence electrons. The number of imidazole rings is 1. The van der Waals surface area contributed by atoms with Gasteiger partial charge in [-0.05, 0) is 0 Å². The van der Waals surface area contributed by atoms with Gasteiger partial charge in [-0.2, -0.15) is 0 Å². The summed E-state index contributed by atoms with van der Waals surface area (Å²) < 4.78 is 7.60. The molecule has 0 saturated heterocycles. The molecule has 16 heavy (non-hydrogen) atoms. The van der Waals surface area contributed by atoms with Crippen LogP contribution in [0.5, 0.6) is 0 Å². The van der Waals surface area contributed by atoms with Gasteiger partial charge < -0.3 is 14.2 Å². The zero-order chi connectivity index (χ0) is 11.7. The molecule has 0 amide bonds. The normalized spacial score (nSPS) is 10.6. The lowest BCUT2D eigenvalue weighted by atomic mass is 10.3. The Labute approximate surface area is 89.5 Å². The monoisotopic (exact) mass is 223 g/mol. The van der Waals surface area contributed by atoms with Crippen LogP contribution in [0, 0.1) is 0 Å². The second kappa shape index (κ2) is 3.69. The molecule has 2 aromatic heterocycles. The SMILES string of the molecule is Cn1ccn(Cc2cc(C(=O)O)no2)c1=O. The number of aromatic nitrogens is 3. The third-order valence-electron chi connectivity index (χ3n) is 2.12. The highest BCUT2D eigenvalue weighted by Crippen LogP contribution is 2.04. The van der Waals surface area contributed by atoms with E-state index in [1.54, 1.807) is 19.4 Å². The van der Waals surface area contributed by atoms with E-state index < -0.39 is 5.97 Å². The first-order valence-electron chi connectivity index (χ1n) is 4.48. The van der Waals surface area contributed by atoms with Crippen molar-refractivity contribution >= 4 is 5.97 Å². The molecule has 7 nitrogen and oxygen atoms in total. The molecule has 0 atom stereocenters. The first kappa shape index (κ1) is 10.2. The number of hydrogen-bond donors (Lipinski definition) is 1. The molecule has 0 aliphatic rings. The standard InChI is InChI=1S/C9H9N3O4/c1-11-2-3-12(9(11)15)5-6-4-7(8(13)14)10-16-6/h2-4H,5H2,1H3,(H,13,14). The van der Waals surface area contributed by atoms with Gasteiger partial charge in [-0.15, -0.1) is 0 Å². The fourth-order valence-corrected chi connectivity index (χ4v) is 1.29.